The number of amides is 1. The van der Waals surface area contributed by atoms with Crippen molar-refractivity contribution in [2.45, 2.75) is 17.9 Å². The van der Waals surface area contributed by atoms with Gasteiger partial charge in [0.2, 0.25) is 0 Å². The number of ether oxygens (including phenoxy) is 2. The second kappa shape index (κ2) is 11.9. The van der Waals surface area contributed by atoms with E-state index in [1.807, 2.05) is 18.4 Å². The molecule has 0 radical (unpaired) electrons. The van der Waals surface area contributed by atoms with Crippen molar-refractivity contribution in [2.24, 2.45) is 5.92 Å². The molecule has 8 heteroatoms. The van der Waals surface area contributed by atoms with E-state index in [0.29, 0.717) is 17.0 Å². The predicted octanol–water partition coefficient (Wildman–Crippen LogP) is 4.35. The van der Waals surface area contributed by atoms with Gasteiger partial charge in [0.25, 0.3) is 0 Å². The number of aliphatic hydroxyl groups is 1. The van der Waals surface area contributed by atoms with E-state index in [2.05, 4.69) is 5.32 Å². The Morgan fingerprint density at radius 2 is 1.87 bits per heavy atom. The molecule has 160 valence electrons. The van der Waals surface area contributed by atoms with Crippen molar-refractivity contribution in [3.8, 4) is 5.75 Å². The summed E-state index contributed by atoms with van der Waals surface area (Å²) < 4.78 is 11.2. The molecular weight excluding hydrogens is 406 g/mol. The SMILES string of the molecule is CSc1ccc(NC(=O)O[C@@H](c2ccccc2OCCO)[C@@H](C)/C=C/C(=O)O)cc1. The quantitative estimate of drug-likeness (QED) is 0.379. The molecule has 0 aliphatic carbocycles. The number of aliphatic carboxylic acids is 1. The van der Waals surface area contributed by atoms with E-state index < -0.39 is 24.1 Å². The first-order chi connectivity index (χ1) is 14.4. The largest absolute Gasteiger partial charge is 0.491 e. The number of thioether (sulfide) groups is 1. The molecular formula is C22H25NO6S. The van der Waals surface area contributed by atoms with Crippen LogP contribution >= 0.6 is 11.8 Å². The number of carboxylic acids is 1. The van der Waals surface area contributed by atoms with Gasteiger partial charge < -0.3 is 19.7 Å². The van der Waals surface area contributed by atoms with Gasteiger partial charge in [-0.2, -0.15) is 0 Å². The number of carbonyl (C=O) groups excluding carboxylic acids is 1. The lowest BCUT2D eigenvalue weighted by atomic mass is 9.96. The number of hydrogen-bond donors (Lipinski definition) is 3. The summed E-state index contributed by atoms with van der Waals surface area (Å²) in [6, 6.07) is 14.3. The summed E-state index contributed by atoms with van der Waals surface area (Å²) >= 11 is 1.59. The first-order valence-corrected chi connectivity index (χ1v) is 10.5. The molecule has 30 heavy (non-hydrogen) atoms. The summed E-state index contributed by atoms with van der Waals surface area (Å²) in [5.74, 6) is -1.10. The second-order valence-electron chi connectivity index (χ2n) is 6.35. The van der Waals surface area contributed by atoms with Crippen molar-refractivity contribution < 1.29 is 29.3 Å². The van der Waals surface area contributed by atoms with Crippen LogP contribution in [0.3, 0.4) is 0 Å². The zero-order valence-electron chi connectivity index (χ0n) is 16.8. The summed E-state index contributed by atoms with van der Waals surface area (Å²) in [7, 11) is 0. The normalized spacial score (nSPS) is 12.9. The van der Waals surface area contributed by atoms with Gasteiger partial charge in [0.1, 0.15) is 18.5 Å². The molecule has 0 aliphatic rings. The van der Waals surface area contributed by atoms with Crippen molar-refractivity contribution in [3.05, 3.63) is 66.2 Å². The van der Waals surface area contributed by atoms with Gasteiger partial charge in [-0.05, 0) is 36.6 Å². The van der Waals surface area contributed by atoms with Crippen LogP contribution in [0.5, 0.6) is 5.75 Å². The lowest BCUT2D eigenvalue weighted by Crippen LogP contribution is -2.22. The van der Waals surface area contributed by atoms with Crippen molar-refractivity contribution in [1.29, 1.82) is 0 Å². The lowest BCUT2D eigenvalue weighted by molar-refractivity contribution is -0.131. The van der Waals surface area contributed by atoms with Crippen LogP contribution in [0.2, 0.25) is 0 Å². The Hall–Kier alpha value is -2.97. The highest BCUT2D eigenvalue weighted by Crippen LogP contribution is 2.34. The zero-order valence-corrected chi connectivity index (χ0v) is 17.6. The molecule has 1 amide bonds. The van der Waals surface area contributed by atoms with E-state index in [1.54, 1.807) is 55.1 Å². The van der Waals surface area contributed by atoms with Crippen LogP contribution < -0.4 is 10.1 Å². The molecule has 2 aromatic rings. The highest BCUT2D eigenvalue weighted by atomic mass is 32.2. The average Bonchev–Trinajstić information content (AvgIpc) is 2.75. The molecule has 2 aromatic carbocycles. The third kappa shape index (κ3) is 7.13. The molecule has 0 saturated heterocycles. The molecule has 7 nitrogen and oxygen atoms in total. The number of nitrogens with one attached hydrogen (secondary N) is 1. The second-order valence-corrected chi connectivity index (χ2v) is 7.23. The maximum absolute atomic E-state index is 12.6. The van der Waals surface area contributed by atoms with Crippen LogP contribution in [0.25, 0.3) is 0 Å². The van der Waals surface area contributed by atoms with E-state index in [4.69, 9.17) is 19.7 Å². The smallest absolute Gasteiger partial charge is 0.412 e. The van der Waals surface area contributed by atoms with E-state index in [0.717, 1.165) is 11.0 Å². The summed E-state index contributed by atoms with van der Waals surface area (Å²) in [5.41, 5.74) is 1.15. The Labute approximate surface area is 179 Å². The summed E-state index contributed by atoms with van der Waals surface area (Å²) in [6.07, 6.45) is 2.95. The summed E-state index contributed by atoms with van der Waals surface area (Å²) in [4.78, 5) is 24.5. The number of carboxylic acid groups (broad SMARTS) is 1. The fourth-order valence-electron chi connectivity index (χ4n) is 2.73. The first kappa shape index (κ1) is 23.3. The number of aliphatic hydroxyl groups excluding tert-OH is 1. The average molecular weight is 432 g/mol. The number of para-hydroxylation sites is 1. The van der Waals surface area contributed by atoms with Crippen molar-refractivity contribution in [2.75, 3.05) is 24.8 Å². The Bertz CT molecular complexity index is 868. The highest BCUT2D eigenvalue weighted by Gasteiger charge is 2.25. The molecule has 0 saturated carbocycles. The van der Waals surface area contributed by atoms with E-state index in [-0.39, 0.29) is 13.2 Å². The van der Waals surface area contributed by atoms with Gasteiger partial charge in [-0.15, -0.1) is 11.8 Å². The predicted molar refractivity (Wildman–Crippen MR) is 116 cm³/mol. The first-order valence-electron chi connectivity index (χ1n) is 9.30. The van der Waals surface area contributed by atoms with Crippen LogP contribution in [0.15, 0.2) is 65.6 Å². The molecule has 0 bridgehead atoms. The molecule has 0 aromatic heterocycles. The minimum atomic E-state index is -1.09. The Morgan fingerprint density at radius 1 is 1.17 bits per heavy atom. The van der Waals surface area contributed by atoms with Crippen LogP contribution in [-0.4, -0.2) is 41.7 Å². The number of hydrogen-bond acceptors (Lipinski definition) is 6. The topological polar surface area (TPSA) is 105 Å². The standard InChI is InChI=1S/C22H25NO6S/c1-15(7-12-20(25)26)21(18-5-3-4-6-19(18)28-14-13-24)29-22(27)23-16-8-10-17(30-2)11-9-16/h3-12,15,21,24H,13-14H2,1-2H3,(H,23,27)(H,25,26)/b12-7+/t15-,21+/m0/s1. The third-order valence-corrected chi connectivity index (χ3v) is 4.91. The zero-order chi connectivity index (χ0) is 21.9. The van der Waals surface area contributed by atoms with Crippen LogP contribution in [0, 0.1) is 5.92 Å². The van der Waals surface area contributed by atoms with Crippen LogP contribution in [-0.2, 0) is 9.53 Å². The van der Waals surface area contributed by atoms with Crippen molar-refractivity contribution in [1.82, 2.24) is 0 Å². The van der Waals surface area contributed by atoms with Gasteiger partial charge >= 0.3 is 12.1 Å². The van der Waals surface area contributed by atoms with Crippen LogP contribution in [0.4, 0.5) is 10.5 Å². The molecule has 0 unspecified atom stereocenters. The molecule has 3 N–H and O–H groups in total. The van der Waals surface area contributed by atoms with Crippen molar-refractivity contribution >= 4 is 29.5 Å². The van der Waals surface area contributed by atoms with E-state index >= 15 is 0 Å². The van der Waals surface area contributed by atoms with E-state index in [1.165, 1.54) is 6.08 Å². The van der Waals surface area contributed by atoms with Crippen LogP contribution in [0.1, 0.15) is 18.6 Å². The highest BCUT2D eigenvalue weighted by molar-refractivity contribution is 7.98. The fraction of sp³-hybridized carbons (Fsp3) is 0.273. The van der Waals surface area contributed by atoms with Gasteiger partial charge in [-0.25, -0.2) is 9.59 Å². The minimum absolute atomic E-state index is 0.0804. The van der Waals surface area contributed by atoms with Gasteiger partial charge in [-0.3, -0.25) is 5.32 Å². The molecule has 0 heterocycles. The number of carbonyl (C=O) groups is 2. The molecule has 0 fully saturated rings. The molecule has 2 atom stereocenters. The summed E-state index contributed by atoms with van der Waals surface area (Å²) in [5, 5.41) is 20.7. The number of rotatable bonds is 10. The van der Waals surface area contributed by atoms with Gasteiger partial charge in [0.05, 0.1) is 6.61 Å². The van der Waals surface area contributed by atoms with Gasteiger partial charge in [0, 0.05) is 28.1 Å². The maximum Gasteiger partial charge on any atom is 0.412 e. The van der Waals surface area contributed by atoms with Gasteiger partial charge in [0.15, 0.2) is 0 Å². The Morgan fingerprint density at radius 3 is 2.50 bits per heavy atom. The lowest BCUT2D eigenvalue weighted by Gasteiger charge is -2.24. The maximum atomic E-state index is 12.6. The number of benzene rings is 2. The number of anilines is 1. The molecule has 0 spiro atoms. The fourth-order valence-corrected chi connectivity index (χ4v) is 3.14. The third-order valence-electron chi connectivity index (χ3n) is 4.16. The molecule has 0 aliphatic heterocycles. The van der Waals surface area contributed by atoms with E-state index in [9.17, 15) is 9.59 Å². The van der Waals surface area contributed by atoms with Crippen molar-refractivity contribution in [3.63, 3.8) is 0 Å². The monoisotopic (exact) mass is 431 g/mol. The van der Waals surface area contributed by atoms with Gasteiger partial charge in [-0.1, -0.05) is 31.2 Å². The summed E-state index contributed by atoms with van der Waals surface area (Å²) in [6.45, 7) is 1.66. The molecule has 2 rings (SSSR count). The Kier molecular flexibility index (Phi) is 9.24. The minimum Gasteiger partial charge on any atom is -0.491 e. The Balaban J connectivity index is 2.25.